The summed E-state index contributed by atoms with van der Waals surface area (Å²) in [5, 5.41) is 3.20. The van der Waals surface area contributed by atoms with Crippen molar-refractivity contribution in [3.8, 4) is 0 Å². The largest absolute Gasteiger partial charge is 0.399 e. The highest BCUT2D eigenvalue weighted by molar-refractivity contribution is 6.34. The summed E-state index contributed by atoms with van der Waals surface area (Å²) in [6.45, 7) is 1.80. The Balaban J connectivity index is 2.42. The lowest BCUT2D eigenvalue weighted by atomic mass is 10.3. The summed E-state index contributed by atoms with van der Waals surface area (Å²) in [5.74, 6) is -0.105. The van der Waals surface area contributed by atoms with Crippen molar-refractivity contribution < 1.29 is 9.53 Å². The van der Waals surface area contributed by atoms with Crippen LogP contribution in [0.15, 0.2) is 18.2 Å². The Labute approximate surface area is 118 Å². The number of halogens is 1. The highest BCUT2D eigenvalue weighted by Gasteiger charge is 2.08. The van der Waals surface area contributed by atoms with E-state index in [1.807, 2.05) is 11.9 Å². The molecule has 5 nitrogen and oxygen atoms in total. The SMILES string of the molecule is COCCCN(C)CC(=O)Nc1ccc(N)cc1Cl. The number of benzene rings is 1. The van der Waals surface area contributed by atoms with Gasteiger partial charge in [-0.05, 0) is 31.7 Å². The molecule has 0 spiro atoms. The van der Waals surface area contributed by atoms with E-state index < -0.39 is 0 Å². The highest BCUT2D eigenvalue weighted by atomic mass is 35.5. The van der Waals surface area contributed by atoms with Gasteiger partial charge in [-0.15, -0.1) is 0 Å². The first-order chi connectivity index (χ1) is 9.02. The number of nitrogen functional groups attached to an aromatic ring is 1. The summed E-state index contributed by atoms with van der Waals surface area (Å²) >= 11 is 5.99. The molecule has 0 aliphatic carbocycles. The molecule has 0 saturated heterocycles. The van der Waals surface area contributed by atoms with Gasteiger partial charge in [-0.25, -0.2) is 0 Å². The lowest BCUT2D eigenvalue weighted by Gasteiger charge is -2.16. The van der Waals surface area contributed by atoms with Crippen molar-refractivity contribution in [2.45, 2.75) is 6.42 Å². The average Bonchev–Trinajstić information content (AvgIpc) is 2.33. The molecule has 0 aromatic heterocycles. The van der Waals surface area contributed by atoms with Crippen LogP contribution >= 0.6 is 11.6 Å². The number of methoxy groups -OCH3 is 1. The number of rotatable bonds is 7. The quantitative estimate of drug-likeness (QED) is 0.592. The molecule has 3 N–H and O–H groups in total. The molecule has 0 unspecified atom stereocenters. The van der Waals surface area contributed by atoms with Gasteiger partial charge in [0.2, 0.25) is 5.91 Å². The zero-order chi connectivity index (χ0) is 14.3. The number of nitrogens with zero attached hydrogens (tertiary/aromatic N) is 1. The molecule has 0 fully saturated rings. The molecule has 1 aromatic carbocycles. The van der Waals surface area contributed by atoms with Gasteiger partial charge in [-0.2, -0.15) is 0 Å². The first-order valence-corrected chi connectivity index (χ1v) is 6.43. The summed E-state index contributed by atoms with van der Waals surface area (Å²) in [6, 6.07) is 5.00. The van der Waals surface area contributed by atoms with Crippen molar-refractivity contribution in [1.82, 2.24) is 4.90 Å². The van der Waals surface area contributed by atoms with Crippen LogP contribution in [0.25, 0.3) is 0 Å². The topological polar surface area (TPSA) is 67.6 Å². The van der Waals surface area contributed by atoms with Gasteiger partial charge in [-0.1, -0.05) is 11.6 Å². The van der Waals surface area contributed by atoms with E-state index in [0.29, 0.717) is 29.5 Å². The molecule has 106 valence electrons. The number of carbonyl (C=O) groups is 1. The van der Waals surface area contributed by atoms with Crippen LogP contribution in [0.4, 0.5) is 11.4 Å². The van der Waals surface area contributed by atoms with Crippen molar-refractivity contribution >= 4 is 28.9 Å². The van der Waals surface area contributed by atoms with E-state index >= 15 is 0 Å². The predicted octanol–water partition coefficient (Wildman–Crippen LogP) is 1.83. The lowest BCUT2D eigenvalue weighted by molar-refractivity contribution is -0.117. The van der Waals surface area contributed by atoms with Gasteiger partial charge < -0.3 is 15.8 Å². The third-order valence-corrected chi connectivity index (χ3v) is 2.88. The molecule has 0 saturated carbocycles. The lowest BCUT2D eigenvalue weighted by Crippen LogP contribution is -2.31. The average molecular weight is 286 g/mol. The molecule has 19 heavy (non-hydrogen) atoms. The number of hydrogen-bond acceptors (Lipinski definition) is 4. The number of hydrogen-bond donors (Lipinski definition) is 2. The van der Waals surface area contributed by atoms with Crippen LogP contribution in [-0.4, -0.2) is 44.7 Å². The molecular formula is C13H20ClN3O2. The van der Waals surface area contributed by atoms with Gasteiger partial charge in [0.15, 0.2) is 0 Å². The second-order valence-electron chi connectivity index (χ2n) is 4.37. The van der Waals surface area contributed by atoms with Crippen LogP contribution in [0.2, 0.25) is 5.02 Å². The van der Waals surface area contributed by atoms with Gasteiger partial charge in [0, 0.05) is 25.9 Å². The summed E-state index contributed by atoms with van der Waals surface area (Å²) < 4.78 is 4.96. The van der Waals surface area contributed by atoms with Crippen LogP contribution in [0.1, 0.15) is 6.42 Å². The Morgan fingerprint density at radius 2 is 2.26 bits per heavy atom. The Bertz CT molecular complexity index is 426. The minimum atomic E-state index is -0.105. The standard InChI is InChI=1S/C13H20ClN3O2/c1-17(6-3-7-19-2)9-13(18)16-12-5-4-10(15)8-11(12)14/h4-5,8H,3,6-7,9,15H2,1-2H3,(H,16,18). The number of anilines is 2. The molecule has 6 heteroatoms. The van der Waals surface area contributed by atoms with Crippen LogP contribution in [0, 0.1) is 0 Å². The normalized spacial score (nSPS) is 10.7. The number of nitrogens with two attached hydrogens (primary N) is 1. The van der Waals surface area contributed by atoms with E-state index in [-0.39, 0.29) is 5.91 Å². The van der Waals surface area contributed by atoms with E-state index in [1.54, 1.807) is 25.3 Å². The second kappa shape index (κ2) is 7.99. The van der Waals surface area contributed by atoms with Gasteiger partial charge >= 0.3 is 0 Å². The molecule has 0 aliphatic rings. The first kappa shape index (κ1) is 15.8. The third-order valence-electron chi connectivity index (χ3n) is 2.57. The Morgan fingerprint density at radius 1 is 1.53 bits per heavy atom. The van der Waals surface area contributed by atoms with E-state index in [1.165, 1.54) is 0 Å². The van der Waals surface area contributed by atoms with Crippen molar-refractivity contribution in [1.29, 1.82) is 0 Å². The fraction of sp³-hybridized carbons (Fsp3) is 0.462. The van der Waals surface area contributed by atoms with Gasteiger partial charge in [0.1, 0.15) is 0 Å². The molecule has 1 amide bonds. The van der Waals surface area contributed by atoms with Crippen molar-refractivity contribution in [3.63, 3.8) is 0 Å². The Hall–Kier alpha value is -1.30. The van der Waals surface area contributed by atoms with Crippen molar-refractivity contribution in [2.24, 2.45) is 0 Å². The van der Waals surface area contributed by atoms with Gasteiger partial charge in [0.05, 0.1) is 17.3 Å². The van der Waals surface area contributed by atoms with Crippen molar-refractivity contribution in [2.75, 3.05) is 44.9 Å². The zero-order valence-electron chi connectivity index (χ0n) is 11.3. The smallest absolute Gasteiger partial charge is 0.238 e. The van der Waals surface area contributed by atoms with E-state index in [0.717, 1.165) is 13.0 Å². The first-order valence-electron chi connectivity index (χ1n) is 6.05. The highest BCUT2D eigenvalue weighted by Crippen LogP contribution is 2.23. The molecule has 0 bridgehead atoms. The van der Waals surface area contributed by atoms with E-state index in [2.05, 4.69) is 5.32 Å². The molecule has 1 aromatic rings. The molecule has 0 aliphatic heterocycles. The van der Waals surface area contributed by atoms with E-state index in [9.17, 15) is 4.79 Å². The summed E-state index contributed by atoms with van der Waals surface area (Å²) in [5.41, 5.74) is 6.73. The van der Waals surface area contributed by atoms with Crippen molar-refractivity contribution in [3.05, 3.63) is 23.2 Å². The zero-order valence-corrected chi connectivity index (χ0v) is 12.0. The minimum absolute atomic E-state index is 0.105. The summed E-state index contributed by atoms with van der Waals surface area (Å²) in [7, 11) is 3.55. The Kier molecular flexibility index (Phi) is 6.62. The van der Waals surface area contributed by atoms with Crippen LogP contribution in [0.5, 0.6) is 0 Å². The van der Waals surface area contributed by atoms with Gasteiger partial charge in [0.25, 0.3) is 0 Å². The Morgan fingerprint density at radius 3 is 2.89 bits per heavy atom. The minimum Gasteiger partial charge on any atom is -0.399 e. The fourth-order valence-electron chi connectivity index (χ4n) is 1.63. The second-order valence-corrected chi connectivity index (χ2v) is 4.78. The van der Waals surface area contributed by atoms with Gasteiger partial charge in [-0.3, -0.25) is 9.69 Å². The molecule has 0 radical (unpaired) electrons. The maximum atomic E-state index is 11.8. The monoisotopic (exact) mass is 285 g/mol. The fourth-order valence-corrected chi connectivity index (χ4v) is 1.86. The van der Waals surface area contributed by atoms with E-state index in [4.69, 9.17) is 22.1 Å². The number of likely N-dealkylation sites (N-methyl/N-ethyl adjacent to an activating group) is 1. The molecule has 1 rings (SSSR count). The molecule has 0 atom stereocenters. The van der Waals surface area contributed by atoms with Crippen LogP contribution in [-0.2, 0) is 9.53 Å². The maximum absolute atomic E-state index is 11.8. The summed E-state index contributed by atoms with van der Waals surface area (Å²) in [6.07, 6.45) is 0.892. The predicted molar refractivity (Wildman–Crippen MR) is 78.5 cm³/mol. The maximum Gasteiger partial charge on any atom is 0.238 e. The number of nitrogens with one attached hydrogen (secondary N) is 1. The van der Waals surface area contributed by atoms with Crippen LogP contribution < -0.4 is 11.1 Å². The number of ether oxygens (including phenoxy) is 1. The number of amides is 1. The summed E-state index contributed by atoms with van der Waals surface area (Å²) in [4.78, 5) is 13.7. The molecule has 0 heterocycles. The molecular weight excluding hydrogens is 266 g/mol. The third kappa shape index (κ3) is 5.92. The number of carbonyl (C=O) groups excluding carboxylic acids is 1. The van der Waals surface area contributed by atoms with Crippen LogP contribution in [0.3, 0.4) is 0 Å².